The lowest BCUT2D eigenvalue weighted by Crippen LogP contribution is -2.31. The number of rotatable bonds is 5. The van der Waals surface area contributed by atoms with Crippen molar-refractivity contribution < 1.29 is 23.8 Å². The van der Waals surface area contributed by atoms with E-state index in [1.54, 1.807) is 13.0 Å². The summed E-state index contributed by atoms with van der Waals surface area (Å²) in [5.41, 5.74) is 1.25. The van der Waals surface area contributed by atoms with E-state index in [2.05, 4.69) is 10.6 Å². The van der Waals surface area contributed by atoms with Gasteiger partial charge in [-0.05, 0) is 42.0 Å². The van der Waals surface area contributed by atoms with E-state index >= 15 is 0 Å². The molecule has 2 heterocycles. The van der Waals surface area contributed by atoms with Gasteiger partial charge in [-0.25, -0.2) is 9.18 Å². The van der Waals surface area contributed by atoms with Gasteiger partial charge in [0.25, 0.3) is 5.91 Å². The largest absolute Gasteiger partial charge is 0.462 e. The summed E-state index contributed by atoms with van der Waals surface area (Å²) in [5, 5.41) is 15.3. The third-order valence-electron chi connectivity index (χ3n) is 4.54. The molecule has 0 unspecified atom stereocenters. The summed E-state index contributed by atoms with van der Waals surface area (Å²) in [7, 11) is 0. The van der Waals surface area contributed by atoms with Gasteiger partial charge in [-0.15, -0.1) is 11.3 Å². The van der Waals surface area contributed by atoms with E-state index in [-0.39, 0.29) is 35.8 Å². The van der Waals surface area contributed by atoms with Crippen LogP contribution in [0.5, 0.6) is 0 Å². The van der Waals surface area contributed by atoms with E-state index in [1.165, 1.54) is 12.1 Å². The van der Waals surface area contributed by atoms with Crippen molar-refractivity contribution in [2.24, 2.45) is 5.41 Å². The van der Waals surface area contributed by atoms with Crippen LogP contribution in [0.2, 0.25) is 0 Å². The molecule has 28 heavy (non-hydrogen) atoms. The fourth-order valence-electron chi connectivity index (χ4n) is 3.15. The molecule has 1 aromatic heterocycles. The zero-order valence-electron chi connectivity index (χ0n) is 16.0. The van der Waals surface area contributed by atoms with Gasteiger partial charge in [0.15, 0.2) is 0 Å². The number of thiophene rings is 1. The molecule has 0 saturated heterocycles. The average Bonchev–Trinajstić information content (AvgIpc) is 2.93. The normalized spacial score (nSPS) is 15.4. The Morgan fingerprint density at radius 1 is 1.43 bits per heavy atom. The third kappa shape index (κ3) is 4.02. The van der Waals surface area contributed by atoms with Gasteiger partial charge in [-0.3, -0.25) is 4.79 Å². The standard InChI is InChI=1S/C20H23FN2O4S/c1-4-27-19(26)15-12-8-20(2,3)10-22-17(25)16(12)28-18(15)23-14-6-5-11(9-24)7-13(14)21/h5-7,23-24H,4,8-10H2,1-3H3,(H,22,25). The van der Waals surface area contributed by atoms with Crippen LogP contribution >= 0.6 is 11.3 Å². The molecule has 0 saturated carbocycles. The molecular weight excluding hydrogens is 383 g/mol. The van der Waals surface area contributed by atoms with Gasteiger partial charge in [-0.2, -0.15) is 0 Å². The highest BCUT2D eigenvalue weighted by atomic mass is 32.1. The first kappa shape index (κ1) is 20.3. The zero-order chi connectivity index (χ0) is 20.5. The Hall–Kier alpha value is -2.45. The Morgan fingerprint density at radius 3 is 2.82 bits per heavy atom. The Bertz CT molecular complexity index is 923. The van der Waals surface area contributed by atoms with E-state index in [4.69, 9.17) is 9.84 Å². The molecule has 150 valence electrons. The average molecular weight is 406 g/mol. The number of benzene rings is 1. The van der Waals surface area contributed by atoms with Crippen LogP contribution in [-0.4, -0.2) is 30.1 Å². The fourth-order valence-corrected chi connectivity index (χ4v) is 4.28. The highest BCUT2D eigenvalue weighted by Crippen LogP contribution is 2.41. The molecule has 8 heteroatoms. The number of aliphatic hydroxyl groups is 1. The van der Waals surface area contributed by atoms with Crippen LogP contribution in [0, 0.1) is 11.2 Å². The fraction of sp³-hybridized carbons (Fsp3) is 0.400. The molecule has 0 fully saturated rings. The van der Waals surface area contributed by atoms with E-state index in [9.17, 15) is 14.0 Å². The number of carbonyl (C=O) groups is 2. The second kappa shape index (κ2) is 7.89. The number of hydrogen-bond donors (Lipinski definition) is 3. The number of nitrogens with one attached hydrogen (secondary N) is 2. The number of carbonyl (C=O) groups excluding carboxylic acids is 2. The summed E-state index contributed by atoms with van der Waals surface area (Å²) in [5.74, 6) is -1.35. The molecule has 0 radical (unpaired) electrons. The number of amides is 1. The smallest absolute Gasteiger partial charge is 0.341 e. The van der Waals surface area contributed by atoms with Gasteiger partial charge in [0.1, 0.15) is 10.8 Å². The number of ether oxygens (including phenoxy) is 1. The highest BCUT2D eigenvalue weighted by Gasteiger charge is 2.35. The molecule has 3 rings (SSSR count). The second-order valence-corrected chi connectivity index (χ2v) is 8.48. The molecule has 0 spiro atoms. The van der Waals surface area contributed by atoms with Gasteiger partial charge in [-0.1, -0.05) is 19.9 Å². The second-order valence-electron chi connectivity index (χ2n) is 7.46. The molecule has 1 aromatic carbocycles. The van der Waals surface area contributed by atoms with Crippen LogP contribution in [0.25, 0.3) is 0 Å². The number of anilines is 2. The van der Waals surface area contributed by atoms with Crippen LogP contribution in [0.3, 0.4) is 0 Å². The van der Waals surface area contributed by atoms with Crippen molar-refractivity contribution in [3.8, 4) is 0 Å². The number of aliphatic hydroxyl groups excluding tert-OH is 1. The van der Waals surface area contributed by atoms with Crippen molar-refractivity contribution in [1.82, 2.24) is 5.32 Å². The monoisotopic (exact) mass is 406 g/mol. The third-order valence-corrected chi connectivity index (χ3v) is 5.69. The van der Waals surface area contributed by atoms with Crippen molar-refractivity contribution in [1.29, 1.82) is 0 Å². The van der Waals surface area contributed by atoms with Crippen LogP contribution in [0.4, 0.5) is 15.1 Å². The quantitative estimate of drug-likeness (QED) is 0.660. The van der Waals surface area contributed by atoms with Gasteiger partial charge in [0, 0.05) is 6.54 Å². The van der Waals surface area contributed by atoms with Crippen LogP contribution in [-0.2, 0) is 17.8 Å². The molecule has 1 amide bonds. The molecule has 2 aromatic rings. The van der Waals surface area contributed by atoms with Crippen molar-refractivity contribution in [3.05, 3.63) is 45.6 Å². The minimum atomic E-state index is -0.560. The Morgan fingerprint density at radius 2 is 2.18 bits per heavy atom. The summed E-state index contributed by atoms with van der Waals surface area (Å²) in [6.07, 6.45) is 0.513. The predicted molar refractivity (Wildman–Crippen MR) is 106 cm³/mol. The van der Waals surface area contributed by atoms with E-state index < -0.39 is 11.8 Å². The van der Waals surface area contributed by atoms with Gasteiger partial charge >= 0.3 is 5.97 Å². The molecule has 0 aliphatic carbocycles. The maximum atomic E-state index is 14.4. The van der Waals surface area contributed by atoms with Crippen molar-refractivity contribution in [2.45, 2.75) is 33.8 Å². The van der Waals surface area contributed by atoms with Crippen LogP contribution in [0.1, 0.15) is 51.9 Å². The zero-order valence-corrected chi connectivity index (χ0v) is 16.8. The predicted octanol–water partition coefficient (Wildman–Crippen LogP) is 3.61. The van der Waals surface area contributed by atoms with E-state index in [0.717, 1.165) is 11.3 Å². The van der Waals surface area contributed by atoms with Crippen LogP contribution in [0.15, 0.2) is 18.2 Å². The molecule has 0 atom stereocenters. The van der Waals surface area contributed by atoms with Gasteiger partial charge in [0.2, 0.25) is 0 Å². The Labute approximate surface area is 166 Å². The SMILES string of the molecule is CCOC(=O)c1c(Nc2ccc(CO)cc2F)sc2c1CC(C)(C)CNC2=O. The summed E-state index contributed by atoms with van der Waals surface area (Å²) < 4.78 is 19.6. The summed E-state index contributed by atoms with van der Waals surface area (Å²) in [6, 6.07) is 4.30. The topological polar surface area (TPSA) is 87.7 Å². The van der Waals surface area contributed by atoms with Gasteiger partial charge in [0.05, 0.1) is 29.3 Å². The minimum absolute atomic E-state index is 0.152. The van der Waals surface area contributed by atoms with Gasteiger partial charge < -0.3 is 20.5 Å². The summed E-state index contributed by atoms with van der Waals surface area (Å²) in [4.78, 5) is 25.7. The minimum Gasteiger partial charge on any atom is -0.462 e. The number of halogens is 1. The highest BCUT2D eigenvalue weighted by molar-refractivity contribution is 7.18. The first-order valence-corrected chi connectivity index (χ1v) is 9.84. The van der Waals surface area contributed by atoms with E-state index in [1.807, 2.05) is 13.8 Å². The maximum Gasteiger partial charge on any atom is 0.341 e. The van der Waals surface area contributed by atoms with Crippen molar-refractivity contribution >= 4 is 33.9 Å². The molecule has 3 N–H and O–H groups in total. The molecule has 0 bridgehead atoms. The van der Waals surface area contributed by atoms with E-state index in [0.29, 0.717) is 34.0 Å². The Kier molecular flexibility index (Phi) is 5.71. The first-order chi connectivity index (χ1) is 13.3. The molecular formula is C20H23FN2O4S. The summed E-state index contributed by atoms with van der Waals surface area (Å²) in [6.45, 7) is 6.14. The molecule has 1 aliphatic rings. The molecule has 1 aliphatic heterocycles. The molecule has 6 nitrogen and oxygen atoms in total. The number of fused-ring (bicyclic) bond motifs is 1. The van der Waals surface area contributed by atoms with Crippen molar-refractivity contribution in [2.75, 3.05) is 18.5 Å². The number of esters is 1. The lowest BCUT2D eigenvalue weighted by atomic mass is 9.85. The first-order valence-electron chi connectivity index (χ1n) is 9.03. The van der Waals surface area contributed by atoms with Crippen molar-refractivity contribution in [3.63, 3.8) is 0 Å². The summed E-state index contributed by atoms with van der Waals surface area (Å²) >= 11 is 1.11. The lowest BCUT2D eigenvalue weighted by molar-refractivity contribution is 0.0526. The maximum absolute atomic E-state index is 14.4. The Balaban J connectivity index is 2.09. The van der Waals surface area contributed by atoms with Crippen LogP contribution < -0.4 is 10.6 Å². The number of hydrogen-bond acceptors (Lipinski definition) is 6. The lowest BCUT2D eigenvalue weighted by Gasteiger charge is -2.22.